The SMILES string of the molecule is COc1cccc(Nc2nnc(SCC(=O)N(C3CCCC3)C3CCS(=O)(=O)C3)s2)c1. The highest BCUT2D eigenvalue weighted by Crippen LogP contribution is 2.32. The van der Waals surface area contributed by atoms with Gasteiger partial charge in [0.2, 0.25) is 11.0 Å². The highest BCUT2D eigenvalue weighted by Gasteiger charge is 2.38. The fourth-order valence-corrected chi connectivity index (χ4v) is 7.58. The molecule has 0 spiro atoms. The Labute approximate surface area is 190 Å². The van der Waals surface area contributed by atoms with Gasteiger partial charge in [-0.2, -0.15) is 0 Å². The molecule has 2 aromatic rings. The van der Waals surface area contributed by atoms with Gasteiger partial charge in [0.05, 0.1) is 24.4 Å². The van der Waals surface area contributed by atoms with Crippen LogP contribution < -0.4 is 10.1 Å². The molecule has 1 saturated carbocycles. The van der Waals surface area contributed by atoms with Gasteiger partial charge in [-0.05, 0) is 31.4 Å². The summed E-state index contributed by atoms with van der Waals surface area (Å²) in [6.45, 7) is 0. The van der Waals surface area contributed by atoms with Crippen LogP contribution in [0.25, 0.3) is 0 Å². The molecule has 31 heavy (non-hydrogen) atoms. The molecule has 1 aliphatic carbocycles. The van der Waals surface area contributed by atoms with Crippen molar-refractivity contribution in [1.29, 1.82) is 0 Å². The van der Waals surface area contributed by atoms with Gasteiger partial charge < -0.3 is 15.0 Å². The Bertz CT molecular complexity index is 1020. The molecule has 1 saturated heterocycles. The molecule has 1 unspecified atom stereocenters. The summed E-state index contributed by atoms with van der Waals surface area (Å²) in [6.07, 6.45) is 4.65. The number of ether oxygens (including phenoxy) is 1. The van der Waals surface area contributed by atoms with Crippen molar-refractivity contribution in [2.24, 2.45) is 0 Å². The lowest BCUT2D eigenvalue weighted by Gasteiger charge is -2.34. The largest absolute Gasteiger partial charge is 0.497 e. The van der Waals surface area contributed by atoms with Crippen molar-refractivity contribution in [1.82, 2.24) is 15.1 Å². The Hall–Kier alpha value is -1.85. The van der Waals surface area contributed by atoms with E-state index < -0.39 is 9.84 Å². The summed E-state index contributed by atoms with van der Waals surface area (Å²) >= 11 is 2.73. The molecular weight excluding hydrogens is 456 g/mol. The van der Waals surface area contributed by atoms with Gasteiger partial charge in [-0.25, -0.2) is 8.42 Å². The average molecular weight is 483 g/mol. The second-order valence-electron chi connectivity index (χ2n) is 7.81. The molecule has 0 radical (unpaired) electrons. The van der Waals surface area contributed by atoms with Crippen molar-refractivity contribution >= 4 is 49.7 Å². The van der Waals surface area contributed by atoms with Gasteiger partial charge in [0.15, 0.2) is 14.2 Å². The maximum Gasteiger partial charge on any atom is 0.233 e. The summed E-state index contributed by atoms with van der Waals surface area (Å²) in [5.74, 6) is 1.25. The Kier molecular flexibility index (Phi) is 7.02. The molecule has 1 aromatic heterocycles. The monoisotopic (exact) mass is 482 g/mol. The minimum Gasteiger partial charge on any atom is -0.497 e. The van der Waals surface area contributed by atoms with E-state index in [1.54, 1.807) is 7.11 Å². The molecule has 4 rings (SSSR count). The third-order valence-electron chi connectivity index (χ3n) is 5.65. The maximum absolute atomic E-state index is 13.1. The minimum atomic E-state index is -3.04. The number of carbonyl (C=O) groups excluding carboxylic acids is 1. The zero-order chi connectivity index (χ0) is 21.8. The molecule has 168 valence electrons. The number of carbonyl (C=O) groups is 1. The highest BCUT2D eigenvalue weighted by molar-refractivity contribution is 8.01. The van der Waals surface area contributed by atoms with E-state index in [0.29, 0.717) is 15.9 Å². The van der Waals surface area contributed by atoms with E-state index in [2.05, 4.69) is 15.5 Å². The Morgan fingerprint density at radius 1 is 1.26 bits per heavy atom. The van der Waals surface area contributed by atoms with Crippen LogP contribution in [0.4, 0.5) is 10.8 Å². The van der Waals surface area contributed by atoms with E-state index in [4.69, 9.17) is 4.74 Å². The van der Waals surface area contributed by atoms with Crippen molar-refractivity contribution in [3.8, 4) is 5.75 Å². The fourth-order valence-electron chi connectivity index (χ4n) is 4.22. The number of hydrogen-bond acceptors (Lipinski definition) is 9. The Morgan fingerprint density at radius 2 is 2.06 bits per heavy atom. The molecule has 11 heteroatoms. The van der Waals surface area contributed by atoms with Gasteiger partial charge in [0.25, 0.3) is 0 Å². The number of nitrogens with one attached hydrogen (secondary N) is 1. The molecule has 1 atom stereocenters. The van der Waals surface area contributed by atoms with Crippen LogP contribution >= 0.6 is 23.1 Å². The van der Waals surface area contributed by atoms with Crippen molar-refractivity contribution in [3.63, 3.8) is 0 Å². The summed E-state index contributed by atoms with van der Waals surface area (Å²) in [5, 5.41) is 12.2. The standard InChI is InChI=1S/C20H26N4O4S3/c1-28-17-8-4-5-14(11-17)21-19-22-23-20(30-19)29-12-18(25)24(15-6-2-3-7-15)16-9-10-31(26,27)13-16/h4-5,8,11,15-16H,2-3,6-7,9-10,12-13H2,1H3,(H,21,22). The average Bonchev–Trinajstić information content (AvgIpc) is 3.49. The van der Waals surface area contributed by atoms with Crippen molar-refractivity contribution in [2.45, 2.75) is 48.5 Å². The Morgan fingerprint density at radius 3 is 2.77 bits per heavy atom. The molecule has 2 heterocycles. The normalized spacial score (nSPS) is 20.6. The lowest BCUT2D eigenvalue weighted by atomic mass is 10.1. The van der Waals surface area contributed by atoms with Gasteiger partial charge >= 0.3 is 0 Å². The van der Waals surface area contributed by atoms with Crippen LogP contribution in [-0.2, 0) is 14.6 Å². The third-order valence-corrected chi connectivity index (χ3v) is 9.36. The first-order chi connectivity index (χ1) is 14.9. The predicted molar refractivity (Wildman–Crippen MR) is 123 cm³/mol. The lowest BCUT2D eigenvalue weighted by Crippen LogP contribution is -2.47. The predicted octanol–water partition coefficient (Wildman–Crippen LogP) is 3.34. The van der Waals surface area contributed by atoms with E-state index in [1.165, 1.54) is 23.1 Å². The number of anilines is 2. The Balaban J connectivity index is 1.37. The highest BCUT2D eigenvalue weighted by atomic mass is 32.2. The zero-order valence-corrected chi connectivity index (χ0v) is 19.8. The first-order valence-corrected chi connectivity index (χ1v) is 13.9. The van der Waals surface area contributed by atoms with E-state index in [1.807, 2.05) is 29.2 Å². The molecule has 2 fully saturated rings. The second-order valence-corrected chi connectivity index (χ2v) is 12.2. The first kappa shape index (κ1) is 22.3. The zero-order valence-electron chi connectivity index (χ0n) is 17.3. The van der Waals surface area contributed by atoms with Crippen LogP contribution in [0.3, 0.4) is 0 Å². The lowest BCUT2D eigenvalue weighted by molar-refractivity contribution is -0.132. The summed E-state index contributed by atoms with van der Waals surface area (Å²) in [4.78, 5) is 15.0. The number of aromatic nitrogens is 2. The van der Waals surface area contributed by atoms with Gasteiger partial charge in [-0.15, -0.1) is 10.2 Å². The molecule has 1 aromatic carbocycles. The van der Waals surface area contributed by atoms with Gasteiger partial charge in [-0.1, -0.05) is 42.0 Å². The van der Waals surface area contributed by atoms with Crippen molar-refractivity contribution < 1.29 is 17.9 Å². The smallest absolute Gasteiger partial charge is 0.233 e. The minimum absolute atomic E-state index is 0.00324. The number of rotatable bonds is 8. The van der Waals surface area contributed by atoms with Crippen LogP contribution in [0.15, 0.2) is 28.6 Å². The maximum atomic E-state index is 13.1. The quantitative estimate of drug-likeness (QED) is 0.572. The first-order valence-electron chi connectivity index (χ1n) is 10.3. The second kappa shape index (κ2) is 9.74. The third kappa shape index (κ3) is 5.69. The number of sulfone groups is 1. The summed E-state index contributed by atoms with van der Waals surface area (Å²) in [5.41, 5.74) is 0.845. The number of nitrogens with zero attached hydrogens (tertiary/aromatic N) is 3. The number of hydrogen-bond donors (Lipinski definition) is 1. The van der Waals surface area contributed by atoms with Crippen LogP contribution in [0.1, 0.15) is 32.1 Å². The number of benzene rings is 1. The fraction of sp³-hybridized carbons (Fsp3) is 0.550. The summed E-state index contributed by atoms with van der Waals surface area (Å²) < 4.78 is 29.9. The van der Waals surface area contributed by atoms with Crippen LogP contribution in [0.2, 0.25) is 0 Å². The summed E-state index contributed by atoms with van der Waals surface area (Å²) in [6, 6.07) is 7.50. The van der Waals surface area contributed by atoms with Gasteiger partial charge in [0, 0.05) is 23.8 Å². The van der Waals surface area contributed by atoms with E-state index >= 15 is 0 Å². The molecule has 8 nitrogen and oxygen atoms in total. The van der Waals surface area contributed by atoms with E-state index in [-0.39, 0.29) is 35.2 Å². The molecule has 1 amide bonds. The number of thioether (sulfide) groups is 1. The van der Waals surface area contributed by atoms with Crippen LogP contribution in [-0.4, -0.2) is 65.9 Å². The van der Waals surface area contributed by atoms with Crippen LogP contribution in [0.5, 0.6) is 5.75 Å². The van der Waals surface area contributed by atoms with E-state index in [0.717, 1.165) is 37.1 Å². The van der Waals surface area contributed by atoms with E-state index in [9.17, 15) is 13.2 Å². The molecule has 1 N–H and O–H groups in total. The van der Waals surface area contributed by atoms with Crippen molar-refractivity contribution in [3.05, 3.63) is 24.3 Å². The molecule has 2 aliphatic rings. The van der Waals surface area contributed by atoms with Crippen LogP contribution in [0, 0.1) is 0 Å². The van der Waals surface area contributed by atoms with Gasteiger partial charge in [0.1, 0.15) is 5.75 Å². The molecule has 1 aliphatic heterocycles. The summed E-state index contributed by atoms with van der Waals surface area (Å²) in [7, 11) is -1.42. The molecule has 0 bridgehead atoms. The number of methoxy groups -OCH3 is 1. The van der Waals surface area contributed by atoms with Gasteiger partial charge in [-0.3, -0.25) is 4.79 Å². The number of amides is 1. The topological polar surface area (TPSA) is 101 Å². The molecular formula is C20H26N4O4S3. The van der Waals surface area contributed by atoms with Crippen molar-refractivity contribution in [2.75, 3.05) is 29.7 Å².